The summed E-state index contributed by atoms with van der Waals surface area (Å²) in [6, 6.07) is 6.90. The average molecular weight is 362 g/mol. The molecule has 5 nitrogen and oxygen atoms in total. The molecule has 2 aromatic rings. The molecule has 0 amide bonds. The first kappa shape index (κ1) is 17.9. The normalized spacial score (nSPS) is 13.9. The standard InChI is InChI=1S/C15H11ClF3NO4/c1-14(13(21)22,24-12-4-2-3-5-20-12)23-11-7-9(15(17,18)19)6-10(16)8-11/h2-8H,1H3,(H,21,22). The fraction of sp³-hybridized carbons (Fsp3) is 0.200. The molecule has 0 radical (unpaired) electrons. The third kappa shape index (κ3) is 4.29. The molecule has 128 valence electrons. The Morgan fingerprint density at radius 3 is 2.46 bits per heavy atom. The van der Waals surface area contributed by atoms with Gasteiger partial charge in [-0.3, -0.25) is 0 Å². The van der Waals surface area contributed by atoms with Gasteiger partial charge in [0.05, 0.1) is 5.56 Å². The van der Waals surface area contributed by atoms with Gasteiger partial charge in [0.15, 0.2) is 0 Å². The van der Waals surface area contributed by atoms with E-state index in [0.29, 0.717) is 12.1 Å². The van der Waals surface area contributed by atoms with Crippen molar-refractivity contribution in [2.24, 2.45) is 0 Å². The lowest BCUT2D eigenvalue weighted by atomic mass is 10.2. The summed E-state index contributed by atoms with van der Waals surface area (Å²) in [6.45, 7) is 1.04. The van der Waals surface area contributed by atoms with Crippen molar-refractivity contribution in [2.75, 3.05) is 0 Å². The monoisotopic (exact) mass is 361 g/mol. The second-order valence-electron chi connectivity index (χ2n) is 4.80. The molecule has 1 atom stereocenters. The molecule has 0 aliphatic carbocycles. The Morgan fingerprint density at radius 2 is 1.92 bits per heavy atom. The molecule has 1 aromatic heterocycles. The molecule has 0 saturated heterocycles. The SMILES string of the molecule is CC(Oc1cc(Cl)cc(C(F)(F)F)c1)(Oc1ccccn1)C(=O)O. The largest absolute Gasteiger partial charge is 0.475 e. The van der Waals surface area contributed by atoms with Gasteiger partial charge >= 0.3 is 17.9 Å². The maximum Gasteiger partial charge on any atom is 0.416 e. The molecular weight excluding hydrogens is 351 g/mol. The van der Waals surface area contributed by atoms with E-state index in [9.17, 15) is 23.1 Å². The molecule has 0 spiro atoms. The molecule has 24 heavy (non-hydrogen) atoms. The van der Waals surface area contributed by atoms with Crippen molar-refractivity contribution in [2.45, 2.75) is 18.9 Å². The van der Waals surface area contributed by atoms with Gasteiger partial charge in [-0.2, -0.15) is 13.2 Å². The molecule has 0 aliphatic rings. The quantitative estimate of drug-likeness (QED) is 0.815. The van der Waals surface area contributed by atoms with Crippen LogP contribution in [0.1, 0.15) is 12.5 Å². The highest BCUT2D eigenvalue weighted by Gasteiger charge is 2.40. The van der Waals surface area contributed by atoms with Gasteiger partial charge in [-0.05, 0) is 24.3 Å². The third-order valence-corrected chi connectivity index (χ3v) is 3.06. The van der Waals surface area contributed by atoms with Crippen LogP contribution in [-0.4, -0.2) is 21.8 Å². The van der Waals surface area contributed by atoms with E-state index in [4.69, 9.17) is 21.1 Å². The summed E-state index contributed by atoms with van der Waals surface area (Å²) in [5.41, 5.74) is -1.07. The van der Waals surface area contributed by atoms with Crippen molar-refractivity contribution in [3.8, 4) is 11.6 Å². The summed E-state index contributed by atoms with van der Waals surface area (Å²) in [7, 11) is 0. The molecule has 0 fully saturated rings. The lowest BCUT2D eigenvalue weighted by Crippen LogP contribution is -2.47. The number of ether oxygens (including phenoxy) is 2. The third-order valence-electron chi connectivity index (χ3n) is 2.84. The minimum atomic E-state index is -4.66. The predicted octanol–water partition coefficient (Wildman–Crippen LogP) is 4.01. The second kappa shape index (κ2) is 6.56. The lowest BCUT2D eigenvalue weighted by molar-refractivity contribution is -0.181. The van der Waals surface area contributed by atoms with Crippen molar-refractivity contribution >= 4 is 17.6 Å². The predicted molar refractivity (Wildman–Crippen MR) is 78.0 cm³/mol. The van der Waals surface area contributed by atoms with E-state index in [0.717, 1.165) is 13.0 Å². The smallest absolute Gasteiger partial charge is 0.416 e. The van der Waals surface area contributed by atoms with Gasteiger partial charge in [-0.25, -0.2) is 9.78 Å². The van der Waals surface area contributed by atoms with Gasteiger partial charge in [-0.1, -0.05) is 17.7 Å². The number of hydrogen-bond donors (Lipinski definition) is 1. The molecule has 1 N–H and O–H groups in total. The molecule has 0 saturated carbocycles. The zero-order valence-electron chi connectivity index (χ0n) is 12.2. The molecule has 2 rings (SSSR count). The van der Waals surface area contributed by atoms with Crippen molar-refractivity contribution < 1.29 is 32.5 Å². The summed E-state index contributed by atoms with van der Waals surface area (Å²) in [5, 5.41) is 9.06. The molecule has 1 unspecified atom stereocenters. The van der Waals surface area contributed by atoms with E-state index in [2.05, 4.69) is 4.98 Å². The highest BCUT2D eigenvalue weighted by Crippen LogP contribution is 2.35. The zero-order chi connectivity index (χ0) is 18.0. The molecule has 1 heterocycles. The van der Waals surface area contributed by atoms with E-state index in [1.807, 2.05) is 0 Å². The maximum atomic E-state index is 12.8. The summed E-state index contributed by atoms with van der Waals surface area (Å²) >= 11 is 5.64. The van der Waals surface area contributed by atoms with Gasteiger partial charge in [0.1, 0.15) is 5.75 Å². The Bertz CT molecular complexity index is 739. The van der Waals surface area contributed by atoms with E-state index < -0.39 is 29.2 Å². The van der Waals surface area contributed by atoms with Crippen LogP contribution in [0.25, 0.3) is 0 Å². The topological polar surface area (TPSA) is 68.7 Å². The maximum absolute atomic E-state index is 12.8. The number of hydrogen-bond acceptors (Lipinski definition) is 4. The number of carboxylic acids is 1. The number of rotatable bonds is 5. The van der Waals surface area contributed by atoms with Crippen LogP contribution in [0.15, 0.2) is 42.6 Å². The van der Waals surface area contributed by atoms with Gasteiger partial charge in [-0.15, -0.1) is 0 Å². The number of alkyl halides is 3. The van der Waals surface area contributed by atoms with Crippen LogP contribution in [0.5, 0.6) is 11.6 Å². The van der Waals surface area contributed by atoms with Crippen molar-refractivity contribution in [1.29, 1.82) is 0 Å². The van der Waals surface area contributed by atoms with Gasteiger partial charge in [0.2, 0.25) is 5.88 Å². The summed E-state index contributed by atoms with van der Waals surface area (Å²) in [5.74, 6) is -4.33. The number of nitrogens with zero attached hydrogens (tertiary/aromatic N) is 1. The van der Waals surface area contributed by atoms with Crippen LogP contribution >= 0.6 is 11.6 Å². The van der Waals surface area contributed by atoms with Gasteiger partial charge < -0.3 is 14.6 Å². The summed E-state index contributed by atoms with van der Waals surface area (Å²) < 4.78 is 48.8. The lowest BCUT2D eigenvalue weighted by Gasteiger charge is -2.26. The van der Waals surface area contributed by atoms with Crippen LogP contribution in [0.4, 0.5) is 13.2 Å². The fourth-order valence-corrected chi connectivity index (χ4v) is 1.95. The van der Waals surface area contributed by atoms with Gasteiger partial charge in [0.25, 0.3) is 0 Å². The summed E-state index contributed by atoms with van der Waals surface area (Å²) in [6.07, 6.45) is -3.30. The number of pyridine rings is 1. The van der Waals surface area contributed by atoms with E-state index in [1.165, 1.54) is 12.3 Å². The summed E-state index contributed by atoms with van der Waals surface area (Å²) in [4.78, 5) is 15.3. The Kier molecular flexibility index (Phi) is 4.88. The Balaban J connectivity index is 2.34. The number of halogens is 4. The fourth-order valence-electron chi connectivity index (χ4n) is 1.73. The van der Waals surface area contributed by atoms with Crippen molar-refractivity contribution in [3.63, 3.8) is 0 Å². The van der Waals surface area contributed by atoms with Gasteiger partial charge in [0, 0.05) is 24.2 Å². The number of benzene rings is 1. The molecule has 0 aliphatic heterocycles. The number of carbonyl (C=O) groups is 1. The molecule has 9 heteroatoms. The van der Waals surface area contributed by atoms with Crippen molar-refractivity contribution in [3.05, 3.63) is 53.2 Å². The first-order valence-corrected chi connectivity index (χ1v) is 6.88. The number of aromatic nitrogens is 1. The Labute approximate surface area is 139 Å². The first-order chi connectivity index (χ1) is 11.1. The Morgan fingerprint density at radius 1 is 1.21 bits per heavy atom. The van der Waals surface area contributed by atoms with Crippen LogP contribution in [0, 0.1) is 0 Å². The highest BCUT2D eigenvalue weighted by atomic mass is 35.5. The second-order valence-corrected chi connectivity index (χ2v) is 5.23. The Hall–Kier alpha value is -2.48. The zero-order valence-corrected chi connectivity index (χ0v) is 12.9. The van der Waals surface area contributed by atoms with Crippen LogP contribution in [0.3, 0.4) is 0 Å². The minimum Gasteiger partial charge on any atom is -0.475 e. The van der Waals surface area contributed by atoms with Crippen LogP contribution < -0.4 is 9.47 Å². The highest BCUT2D eigenvalue weighted by molar-refractivity contribution is 6.30. The molecule has 1 aromatic carbocycles. The minimum absolute atomic E-state index is 0.0690. The molecular formula is C15H11ClF3NO4. The first-order valence-electron chi connectivity index (χ1n) is 6.50. The van der Waals surface area contributed by atoms with E-state index >= 15 is 0 Å². The number of carboxylic acid groups (broad SMARTS) is 1. The van der Waals surface area contributed by atoms with Crippen molar-refractivity contribution in [1.82, 2.24) is 4.98 Å². The molecule has 0 bridgehead atoms. The number of aliphatic carboxylic acids is 1. The van der Waals surface area contributed by atoms with Crippen LogP contribution in [0.2, 0.25) is 5.02 Å². The van der Waals surface area contributed by atoms with Crippen LogP contribution in [-0.2, 0) is 11.0 Å². The average Bonchev–Trinajstić information content (AvgIpc) is 2.46. The van der Waals surface area contributed by atoms with E-state index in [-0.39, 0.29) is 10.9 Å². The van der Waals surface area contributed by atoms with E-state index in [1.54, 1.807) is 12.1 Å².